The van der Waals surface area contributed by atoms with Crippen molar-refractivity contribution in [2.45, 2.75) is 19.3 Å². The summed E-state index contributed by atoms with van der Waals surface area (Å²) in [5, 5.41) is 2.46. The number of nitrogens with zero attached hydrogens (tertiary/aromatic N) is 2. The van der Waals surface area contributed by atoms with Gasteiger partial charge in [0.25, 0.3) is 0 Å². The second-order valence-corrected chi connectivity index (χ2v) is 8.14. The predicted molar refractivity (Wildman–Crippen MR) is 116 cm³/mol. The Morgan fingerprint density at radius 3 is 2.50 bits per heavy atom. The number of hydrogen-bond acceptors (Lipinski definition) is 1. The van der Waals surface area contributed by atoms with Gasteiger partial charge in [0.2, 0.25) is 0 Å². The summed E-state index contributed by atoms with van der Waals surface area (Å²) >= 11 is 0. The van der Waals surface area contributed by atoms with Gasteiger partial charge in [0.05, 0.1) is 11.0 Å². The van der Waals surface area contributed by atoms with Gasteiger partial charge in [-0.2, -0.15) is 0 Å². The highest BCUT2D eigenvalue weighted by molar-refractivity contribution is 6.02. The van der Waals surface area contributed by atoms with E-state index in [1.807, 2.05) is 6.07 Å². The van der Waals surface area contributed by atoms with Crippen LogP contribution < -0.4 is 0 Å². The summed E-state index contributed by atoms with van der Waals surface area (Å²) in [6, 6.07) is 28.1. The summed E-state index contributed by atoms with van der Waals surface area (Å²) in [6.07, 6.45) is 2.15. The average molecular weight is 360 g/mol. The highest BCUT2D eigenvalue weighted by Crippen LogP contribution is 2.51. The summed E-state index contributed by atoms with van der Waals surface area (Å²) < 4.78 is 2.20. The van der Waals surface area contributed by atoms with Crippen LogP contribution in [0.5, 0.6) is 0 Å². The molecule has 0 aliphatic heterocycles. The number of aromatic nitrogens is 2. The Kier molecular flexibility index (Phi) is 2.98. The molecule has 134 valence electrons. The second-order valence-electron chi connectivity index (χ2n) is 8.14. The lowest BCUT2D eigenvalue weighted by Gasteiger charge is -2.21. The molecule has 0 bridgehead atoms. The molecular weight excluding hydrogens is 340 g/mol. The number of benzene rings is 3. The smallest absolute Gasteiger partial charge is 0.137 e. The van der Waals surface area contributed by atoms with Crippen molar-refractivity contribution in [1.82, 2.24) is 9.55 Å². The predicted octanol–water partition coefficient (Wildman–Crippen LogP) is 6.49. The van der Waals surface area contributed by atoms with Crippen LogP contribution in [-0.4, -0.2) is 9.55 Å². The third-order valence-corrected chi connectivity index (χ3v) is 6.25. The fourth-order valence-corrected chi connectivity index (χ4v) is 4.81. The highest BCUT2D eigenvalue weighted by atomic mass is 15.0. The molecular formula is C26H20N2. The number of para-hydroxylation sites is 1. The maximum atomic E-state index is 4.90. The summed E-state index contributed by atoms with van der Waals surface area (Å²) in [6.45, 7) is 4.65. The molecule has 28 heavy (non-hydrogen) atoms. The first-order valence-electron chi connectivity index (χ1n) is 9.75. The lowest BCUT2D eigenvalue weighted by atomic mass is 9.82. The SMILES string of the molecule is CC1(C)c2ccccc2-c2c1ccc1c2ccn1-c1ccc2ccccc2n1. The number of rotatable bonds is 1. The van der Waals surface area contributed by atoms with Crippen molar-refractivity contribution in [1.29, 1.82) is 0 Å². The molecule has 2 aromatic heterocycles. The van der Waals surface area contributed by atoms with Crippen LogP contribution in [0.4, 0.5) is 0 Å². The van der Waals surface area contributed by atoms with E-state index in [0.717, 1.165) is 11.3 Å². The van der Waals surface area contributed by atoms with Crippen LogP contribution in [0.25, 0.3) is 38.8 Å². The molecule has 3 aromatic carbocycles. The van der Waals surface area contributed by atoms with Crippen molar-refractivity contribution in [3.8, 4) is 16.9 Å². The third kappa shape index (κ3) is 1.95. The first-order valence-corrected chi connectivity index (χ1v) is 9.75. The zero-order valence-electron chi connectivity index (χ0n) is 16.0. The molecule has 0 N–H and O–H groups in total. The zero-order chi connectivity index (χ0) is 18.9. The van der Waals surface area contributed by atoms with Crippen molar-refractivity contribution in [2.24, 2.45) is 0 Å². The van der Waals surface area contributed by atoms with Crippen molar-refractivity contribution >= 4 is 21.8 Å². The van der Waals surface area contributed by atoms with E-state index in [4.69, 9.17) is 4.98 Å². The topological polar surface area (TPSA) is 17.8 Å². The van der Waals surface area contributed by atoms with Gasteiger partial charge in [0.1, 0.15) is 5.82 Å². The number of pyridine rings is 1. The van der Waals surface area contributed by atoms with E-state index < -0.39 is 0 Å². The summed E-state index contributed by atoms with van der Waals surface area (Å²) in [7, 11) is 0. The molecule has 0 radical (unpaired) electrons. The van der Waals surface area contributed by atoms with Gasteiger partial charge in [-0.1, -0.05) is 62.4 Å². The second kappa shape index (κ2) is 5.32. The summed E-state index contributed by atoms with van der Waals surface area (Å²) in [5.41, 5.74) is 7.81. The minimum absolute atomic E-state index is 0.0312. The van der Waals surface area contributed by atoms with Crippen LogP contribution >= 0.6 is 0 Å². The van der Waals surface area contributed by atoms with Gasteiger partial charge < -0.3 is 4.57 Å². The van der Waals surface area contributed by atoms with Crippen molar-refractivity contribution < 1.29 is 0 Å². The Morgan fingerprint density at radius 2 is 1.57 bits per heavy atom. The standard InChI is InChI=1S/C26H20N2/c1-26(2)20-9-5-4-8-18(20)25-19-15-16-28(23(19)13-12-21(25)26)24-14-11-17-7-3-6-10-22(17)27-24/h3-16H,1-2H3. The van der Waals surface area contributed by atoms with E-state index in [1.165, 1.54) is 38.5 Å². The average Bonchev–Trinajstić information content (AvgIpc) is 3.25. The molecule has 1 aliphatic carbocycles. The largest absolute Gasteiger partial charge is 0.301 e. The van der Waals surface area contributed by atoms with Crippen molar-refractivity contribution in [3.63, 3.8) is 0 Å². The van der Waals surface area contributed by atoms with Crippen LogP contribution in [0.1, 0.15) is 25.0 Å². The van der Waals surface area contributed by atoms with Crippen LogP contribution in [0.3, 0.4) is 0 Å². The molecule has 2 nitrogen and oxygen atoms in total. The first-order chi connectivity index (χ1) is 13.6. The fourth-order valence-electron chi connectivity index (χ4n) is 4.81. The van der Waals surface area contributed by atoms with E-state index >= 15 is 0 Å². The molecule has 2 heterocycles. The Bertz CT molecular complexity index is 1390. The summed E-state index contributed by atoms with van der Waals surface area (Å²) in [4.78, 5) is 4.90. The monoisotopic (exact) mass is 360 g/mol. The molecule has 0 fully saturated rings. The van der Waals surface area contributed by atoms with Gasteiger partial charge >= 0.3 is 0 Å². The molecule has 0 saturated carbocycles. The van der Waals surface area contributed by atoms with Gasteiger partial charge in [0, 0.05) is 22.4 Å². The van der Waals surface area contributed by atoms with Gasteiger partial charge in [-0.05, 0) is 52.6 Å². The van der Waals surface area contributed by atoms with Gasteiger partial charge in [-0.3, -0.25) is 0 Å². The summed E-state index contributed by atoms with van der Waals surface area (Å²) in [5.74, 6) is 0.958. The molecule has 6 rings (SSSR count). The van der Waals surface area contributed by atoms with Gasteiger partial charge in [-0.15, -0.1) is 0 Å². The quantitative estimate of drug-likeness (QED) is 0.334. The maximum absolute atomic E-state index is 4.90. The van der Waals surface area contributed by atoms with Crippen LogP contribution in [0.15, 0.2) is 85.1 Å². The minimum atomic E-state index is 0.0312. The molecule has 2 heteroatoms. The highest BCUT2D eigenvalue weighted by Gasteiger charge is 2.36. The first kappa shape index (κ1) is 15.6. The number of hydrogen-bond donors (Lipinski definition) is 0. The Morgan fingerprint density at radius 1 is 0.750 bits per heavy atom. The molecule has 0 spiro atoms. The number of fused-ring (bicyclic) bond motifs is 6. The normalized spacial score (nSPS) is 14.4. The zero-order valence-corrected chi connectivity index (χ0v) is 16.0. The maximum Gasteiger partial charge on any atom is 0.137 e. The van der Waals surface area contributed by atoms with Crippen LogP contribution in [-0.2, 0) is 5.41 Å². The van der Waals surface area contributed by atoms with E-state index in [0.29, 0.717) is 0 Å². The van der Waals surface area contributed by atoms with Gasteiger partial charge in [-0.25, -0.2) is 4.98 Å². The molecule has 0 amide bonds. The van der Waals surface area contributed by atoms with Crippen LogP contribution in [0, 0.1) is 0 Å². The van der Waals surface area contributed by atoms with Crippen molar-refractivity contribution in [2.75, 3.05) is 0 Å². The third-order valence-electron chi connectivity index (χ3n) is 6.25. The van der Waals surface area contributed by atoms with E-state index in [1.54, 1.807) is 0 Å². The van der Waals surface area contributed by atoms with E-state index in [2.05, 4.69) is 97.4 Å². The lowest BCUT2D eigenvalue weighted by molar-refractivity contribution is 0.661. The minimum Gasteiger partial charge on any atom is -0.301 e. The molecule has 1 aliphatic rings. The molecule has 0 unspecified atom stereocenters. The Hall–Kier alpha value is -3.39. The Balaban J connectivity index is 1.63. The molecule has 0 saturated heterocycles. The van der Waals surface area contributed by atoms with Crippen LogP contribution in [0.2, 0.25) is 0 Å². The van der Waals surface area contributed by atoms with E-state index in [-0.39, 0.29) is 5.41 Å². The molecule has 5 aromatic rings. The molecule has 0 atom stereocenters. The fraction of sp³-hybridized carbons (Fsp3) is 0.115. The van der Waals surface area contributed by atoms with E-state index in [9.17, 15) is 0 Å². The Labute approximate surface area is 164 Å². The van der Waals surface area contributed by atoms with Gasteiger partial charge in [0.15, 0.2) is 0 Å². The van der Waals surface area contributed by atoms with Crippen molar-refractivity contribution in [3.05, 3.63) is 96.2 Å². The lowest BCUT2D eigenvalue weighted by Crippen LogP contribution is -2.14.